The Morgan fingerprint density at radius 2 is 1.96 bits per heavy atom. The topological polar surface area (TPSA) is 46.6 Å². The molecule has 0 saturated heterocycles. The van der Waals surface area contributed by atoms with Crippen molar-refractivity contribution in [3.8, 4) is 5.75 Å². The second-order valence-corrected chi connectivity index (χ2v) is 6.57. The van der Waals surface area contributed by atoms with Crippen molar-refractivity contribution in [2.75, 3.05) is 12.0 Å². The summed E-state index contributed by atoms with van der Waals surface area (Å²) in [4.78, 5) is 27.0. The number of hydrogen-bond acceptors (Lipinski definition) is 4. The number of hydrogen-bond donors (Lipinski definition) is 0. The van der Waals surface area contributed by atoms with Gasteiger partial charge in [0.05, 0.1) is 12.8 Å². The van der Waals surface area contributed by atoms with Gasteiger partial charge in [0.1, 0.15) is 5.75 Å². The first-order valence-corrected chi connectivity index (χ1v) is 8.41. The molecule has 2 aromatic carbocycles. The quantitative estimate of drug-likeness (QED) is 0.794. The summed E-state index contributed by atoms with van der Waals surface area (Å²) in [6, 6.07) is 15.1. The second-order valence-electron chi connectivity index (χ2n) is 5.32. The van der Waals surface area contributed by atoms with Gasteiger partial charge in [-0.1, -0.05) is 30.8 Å². The van der Waals surface area contributed by atoms with Crippen LogP contribution in [-0.4, -0.2) is 18.9 Å². The molecule has 1 aliphatic rings. The molecule has 1 atom stereocenters. The predicted molar refractivity (Wildman–Crippen MR) is 95.3 cm³/mol. The van der Waals surface area contributed by atoms with Gasteiger partial charge in [-0.15, -0.1) is 11.8 Å². The molecule has 0 spiro atoms. The Morgan fingerprint density at radius 3 is 2.62 bits per heavy atom. The van der Waals surface area contributed by atoms with Crippen LogP contribution in [-0.2, 0) is 9.59 Å². The van der Waals surface area contributed by atoms with Gasteiger partial charge in [0.25, 0.3) is 5.91 Å². The van der Waals surface area contributed by atoms with Crippen molar-refractivity contribution in [2.45, 2.75) is 16.6 Å². The molecule has 0 bridgehead atoms. The van der Waals surface area contributed by atoms with Crippen LogP contribution < -0.4 is 9.64 Å². The second kappa shape index (κ2) is 6.93. The van der Waals surface area contributed by atoms with E-state index in [2.05, 4.69) is 6.58 Å². The van der Waals surface area contributed by atoms with E-state index in [0.29, 0.717) is 5.69 Å². The van der Waals surface area contributed by atoms with Crippen molar-refractivity contribution in [1.29, 1.82) is 0 Å². The fourth-order valence-corrected chi connectivity index (χ4v) is 3.92. The summed E-state index contributed by atoms with van der Waals surface area (Å²) in [6.07, 6.45) is 1.41. The molecule has 3 rings (SSSR count). The standard InChI is InChI=1S/C19H17NO3S/c1-3-18(21)20-15-6-4-5-7-16(15)24-17(12-19(20)22)13-8-10-14(23-2)11-9-13/h3-11,17H,1,12H2,2H3. The smallest absolute Gasteiger partial charge is 0.257 e. The van der Waals surface area contributed by atoms with Crippen LogP contribution in [0.1, 0.15) is 17.2 Å². The molecule has 4 nitrogen and oxygen atoms in total. The van der Waals surface area contributed by atoms with E-state index in [1.807, 2.05) is 42.5 Å². The zero-order valence-corrected chi connectivity index (χ0v) is 14.1. The third-order valence-electron chi connectivity index (χ3n) is 3.87. The molecule has 5 heteroatoms. The maximum atomic E-state index is 12.7. The van der Waals surface area contributed by atoms with Gasteiger partial charge in [0.2, 0.25) is 5.91 Å². The zero-order valence-electron chi connectivity index (χ0n) is 13.3. The minimum atomic E-state index is -0.400. The van der Waals surface area contributed by atoms with Gasteiger partial charge in [-0.3, -0.25) is 9.59 Å². The molecule has 1 unspecified atom stereocenters. The highest BCUT2D eigenvalue weighted by molar-refractivity contribution is 7.99. The lowest BCUT2D eigenvalue weighted by molar-refractivity contribution is -0.124. The molecule has 0 N–H and O–H groups in total. The summed E-state index contributed by atoms with van der Waals surface area (Å²) in [5.41, 5.74) is 1.64. The number of para-hydroxylation sites is 1. The Kier molecular flexibility index (Phi) is 4.71. The van der Waals surface area contributed by atoms with Crippen molar-refractivity contribution >= 4 is 29.3 Å². The zero-order chi connectivity index (χ0) is 17.1. The molecule has 0 saturated carbocycles. The highest BCUT2D eigenvalue weighted by atomic mass is 32.2. The molecule has 0 aromatic heterocycles. The van der Waals surface area contributed by atoms with Gasteiger partial charge >= 0.3 is 0 Å². The van der Waals surface area contributed by atoms with Crippen molar-refractivity contribution < 1.29 is 14.3 Å². The van der Waals surface area contributed by atoms with Gasteiger partial charge in [-0.25, -0.2) is 4.90 Å². The average molecular weight is 339 g/mol. The fraction of sp³-hybridized carbons (Fsp3) is 0.158. The van der Waals surface area contributed by atoms with Crippen LogP contribution in [0.3, 0.4) is 0 Å². The molecule has 1 aliphatic heterocycles. The maximum Gasteiger partial charge on any atom is 0.257 e. The average Bonchev–Trinajstić information content (AvgIpc) is 2.77. The van der Waals surface area contributed by atoms with Crippen LogP contribution in [0.15, 0.2) is 66.1 Å². The lowest BCUT2D eigenvalue weighted by Gasteiger charge is -2.18. The minimum absolute atomic E-state index is 0.0628. The van der Waals surface area contributed by atoms with Crippen LogP contribution in [0.25, 0.3) is 0 Å². The third kappa shape index (κ3) is 3.08. The number of benzene rings is 2. The summed E-state index contributed by atoms with van der Waals surface area (Å²) in [5, 5.41) is -0.0628. The van der Waals surface area contributed by atoms with Gasteiger partial charge in [-0.2, -0.15) is 0 Å². The van der Waals surface area contributed by atoms with Crippen molar-refractivity contribution in [3.63, 3.8) is 0 Å². The first kappa shape index (κ1) is 16.3. The summed E-state index contributed by atoms with van der Waals surface area (Å²) < 4.78 is 5.18. The van der Waals surface area contributed by atoms with E-state index in [-0.39, 0.29) is 17.6 Å². The molecule has 2 aromatic rings. The molecule has 2 amide bonds. The van der Waals surface area contributed by atoms with E-state index in [0.717, 1.165) is 16.2 Å². The Balaban J connectivity index is 2.01. The van der Waals surface area contributed by atoms with Gasteiger partial charge in [0.15, 0.2) is 0 Å². The van der Waals surface area contributed by atoms with Crippen LogP contribution >= 0.6 is 11.8 Å². The monoisotopic (exact) mass is 339 g/mol. The largest absolute Gasteiger partial charge is 0.497 e. The van der Waals surface area contributed by atoms with E-state index < -0.39 is 5.91 Å². The summed E-state index contributed by atoms with van der Waals surface area (Å²) in [6.45, 7) is 3.51. The predicted octanol–water partition coefficient (Wildman–Crippen LogP) is 3.98. The number of imide groups is 1. The number of thioether (sulfide) groups is 1. The number of anilines is 1. The first-order valence-electron chi connectivity index (χ1n) is 7.53. The number of carbonyl (C=O) groups excluding carboxylic acids is 2. The number of fused-ring (bicyclic) bond motifs is 1. The lowest BCUT2D eigenvalue weighted by Crippen LogP contribution is -2.35. The summed E-state index contributed by atoms with van der Waals surface area (Å²) in [5.74, 6) is 0.147. The van der Waals surface area contributed by atoms with Crippen LogP contribution in [0.5, 0.6) is 5.75 Å². The van der Waals surface area contributed by atoms with E-state index in [1.165, 1.54) is 11.0 Å². The van der Waals surface area contributed by atoms with E-state index >= 15 is 0 Å². The number of nitrogens with zero attached hydrogens (tertiary/aromatic N) is 1. The highest BCUT2D eigenvalue weighted by Gasteiger charge is 2.31. The van der Waals surface area contributed by atoms with E-state index in [1.54, 1.807) is 24.9 Å². The van der Waals surface area contributed by atoms with E-state index in [4.69, 9.17) is 4.74 Å². The number of amides is 2. The first-order chi connectivity index (χ1) is 11.6. The molecule has 24 heavy (non-hydrogen) atoms. The summed E-state index contributed by atoms with van der Waals surface area (Å²) >= 11 is 1.59. The fourth-order valence-electron chi connectivity index (χ4n) is 2.66. The SMILES string of the molecule is C=CC(=O)N1C(=O)CC(c2ccc(OC)cc2)Sc2ccccc21. The van der Waals surface area contributed by atoms with Crippen molar-refractivity contribution in [3.05, 3.63) is 66.7 Å². The Hall–Kier alpha value is -2.53. The minimum Gasteiger partial charge on any atom is -0.497 e. The molecule has 0 aliphatic carbocycles. The third-order valence-corrected chi connectivity index (χ3v) is 5.19. The molecular weight excluding hydrogens is 322 g/mol. The van der Waals surface area contributed by atoms with Crippen LogP contribution in [0, 0.1) is 0 Å². The lowest BCUT2D eigenvalue weighted by atomic mass is 10.1. The van der Waals surface area contributed by atoms with E-state index in [9.17, 15) is 9.59 Å². The normalized spacial score (nSPS) is 17.0. The Bertz CT molecular complexity index is 785. The van der Waals surface area contributed by atoms with Gasteiger partial charge in [0, 0.05) is 16.6 Å². The Morgan fingerprint density at radius 1 is 1.25 bits per heavy atom. The molecule has 0 fully saturated rings. The molecule has 0 radical (unpaired) electrons. The number of methoxy groups -OCH3 is 1. The van der Waals surface area contributed by atoms with Crippen molar-refractivity contribution in [2.24, 2.45) is 0 Å². The van der Waals surface area contributed by atoms with Crippen molar-refractivity contribution in [1.82, 2.24) is 0 Å². The molecule has 122 valence electrons. The van der Waals surface area contributed by atoms with Crippen LogP contribution in [0.4, 0.5) is 5.69 Å². The number of carbonyl (C=O) groups is 2. The molecule has 1 heterocycles. The summed E-state index contributed by atoms with van der Waals surface area (Å²) in [7, 11) is 1.62. The number of rotatable bonds is 3. The number of ether oxygens (including phenoxy) is 1. The Labute approximate surface area is 145 Å². The van der Waals surface area contributed by atoms with Crippen LogP contribution in [0.2, 0.25) is 0 Å². The highest BCUT2D eigenvalue weighted by Crippen LogP contribution is 2.45. The maximum absolute atomic E-state index is 12.7. The molecular formula is C19H17NO3S. The van der Waals surface area contributed by atoms with Gasteiger partial charge in [-0.05, 0) is 35.9 Å². The van der Waals surface area contributed by atoms with Gasteiger partial charge < -0.3 is 4.74 Å².